The summed E-state index contributed by atoms with van der Waals surface area (Å²) in [4.78, 5) is 0. The van der Waals surface area contributed by atoms with E-state index in [0.717, 1.165) is 23.1 Å². The zero-order valence-electron chi connectivity index (χ0n) is 10.7. The molecule has 1 atom stereocenters. The highest BCUT2D eigenvalue weighted by Crippen LogP contribution is 2.29. The molecule has 0 heterocycles. The lowest BCUT2D eigenvalue weighted by Gasteiger charge is -2.14. The summed E-state index contributed by atoms with van der Waals surface area (Å²) in [5.41, 5.74) is 3.96. The van der Waals surface area contributed by atoms with Crippen LogP contribution in [0.2, 0.25) is 5.02 Å². The zero-order chi connectivity index (χ0) is 13.1. The molecule has 0 aliphatic heterocycles. The van der Waals surface area contributed by atoms with Gasteiger partial charge in [-0.05, 0) is 36.1 Å². The van der Waals surface area contributed by atoms with E-state index in [4.69, 9.17) is 11.6 Å². The Labute approximate surface area is 113 Å². The molecule has 0 saturated heterocycles. The molecule has 1 unspecified atom stereocenters. The minimum atomic E-state index is -0.662. The van der Waals surface area contributed by atoms with Crippen LogP contribution in [0, 0.1) is 6.92 Å². The minimum Gasteiger partial charge on any atom is -0.384 e. The second-order valence-electron chi connectivity index (χ2n) is 4.53. The fraction of sp³-hybridized carbons (Fsp3) is 0.250. The van der Waals surface area contributed by atoms with Crippen molar-refractivity contribution in [1.29, 1.82) is 0 Å². The van der Waals surface area contributed by atoms with Crippen LogP contribution < -0.4 is 0 Å². The summed E-state index contributed by atoms with van der Waals surface area (Å²) in [6, 6.07) is 13.7. The van der Waals surface area contributed by atoms with Gasteiger partial charge in [0.05, 0.1) is 0 Å². The van der Waals surface area contributed by atoms with E-state index in [-0.39, 0.29) is 0 Å². The summed E-state index contributed by atoms with van der Waals surface area (Å²) < 4.78 is 0. The topological polar surface area (TPSA) is 20.2 Å². The number of aliphatic hydroxyl groups excluding tert-OH is 1. The average molecular weight is 261 g/mol. The molecule has 0 aliphatic carbocycles. The first-order valence-electron chi connectivity index (χ1n) is 6.14. The smallest absolute Gasteiger partial charge is 0.105 e. The van der Waals surface area contributed by atoms with Crippen LogP contribution in [0.1, 0.15) is 35.3 Å². The third-order valence-corrected chi connectivity index (χ3v) is 3.45. The maximum Gasteiger partial charge on any atom is 0.105 e. The molecular weight excluding hydrogens is 244 g/mol. The van der Waals surface area contributed by atoms with Gasteiger partial charge in [0, 0.05) is 10.6 Å². The largest absolute Gasteiger partial charge is 0.384 e. The van der Waals surface area contributed by atoms with Crippen molar-refractivity contribution in [1.82, 2.24) is 0 Å². The molecule has 0 amide bonds. The number of hydrogen-bond acceptors (Lipinski definition) is 1. The van der Waals surface area contributed by atoms with Crippen molar-refractivity contribution in [3.63, 3.8) is 0 Å². The molecule has 1 nitrogen and oxygen atoms in total. The monoisotopic (exact) mass is 260 g/mol. The molecule has 0 saturated carbocycles. The first-order valence-corrected chi connectivity index (χ1v) is 6.52. The summed E-state index contributed by atoms with van der Waals surface area (Å²) in [5, 5.41) is 11.0. The van der Waals surface area contributed by atoms with Gasteiger partial charge in [0.15, 0.2) is 0 Å². The summed E-state index contributed by atoms with van der Waals surface area (Å²) in [6.07, 6.45) is 0.298. The number of benzene rings is 2. The Balaban J connectivity index is 2.37. The van der Waals surface area contributed by atoms with Crippen molar-refractivity contribution in [2.75, 3.05) is 0 Å². The molecular formula is C16H17ClO. The highest BCUT2D eigenvalue weighted by Gasteiger charge is 2.14. The molecule has 0 fully saturated rings. The van der Waals surface area contributed by atoms with Crippen molar-refractivity contribution in [2.45, 2.75) is 26.4 Å². The van der Waals surface area contributed by atoms with Gasteiger partial charge in [-0.25, -0.2) is 0 Å². The maximum absolute atomic E-state index is 10.4. The van der Waals surface area contributed by atoms with Gasteiger partial charge >= 0.3 is 0 Å². The van der Waals surface area contributed by atoms with E-state index >= 15 is 0 Å². The number of aliphatic hydroxyl groups is 1. The van der Waals surface area contributed by atoms with Crippen LogP contribution in [0.3, 0.4) is 0 Å². The molecule has 0 spiro atoms. The van der Waals surface area contributed by atoms with Gasteiger partial charge in [0.2, 0.25) is 0 Å². The third-order valence-electron chi connectivity index (χ3n) is 3.13. The van der Waals surface area contributed by atoms with E-state index < -0.39 is 6.10 Å². The van der Waals surface area contributed by atoms with Gasteiger partial charge in [-0.1, -0.05) is 54.9 Å². The van der Waals surface area contributed by atoms with E-state index in [1.807, 2.05) is 43.3 Å². The molecule has 2 aromatic rings. The fourth-order valence-electron chi connectivity index (χ4n) is 2.02. The van der Waals surface area contributed by atoms with Crippen LogP contribution in [0.4, 0.5) is 0 Å². The highest BCUT2D eigenvalue weighted by atomic mass is 35.5. The lowest BCUT2D eigenvalue weighted by molar-refractivity contribution is 0.220. The van der Waals surface area contributed by atoms with E-state index in [2.05, 4.69) is 13.0 Å². The Morgan fingerprint density at radius 3 is 2.61 bits per heavy atom. The van der Waals surface area contributed by atoms with Crippen LogP contribution >= 0.6 is 11.6 Å². The molecule has 0 aliphatic rings. The fourth-order valence-corrected chi connectivity index (χ4v) is 2.36. The molecule has 2 heteroatoms. The summed E-state index contributed by atoms with van der Waals surface area (Å²) in [5.74, 6) is 0. The molecule has 2 rings (SSSR count). The van der Waals surface area contributed by atoms with E-state index in [1.54, 1.807) is 0 Å². The molecule has 1 N–H and O–H groups in total. The van der Waals surface area contributed by atoms with Crippen LogP contribution in [0.15, 0.2) is 42.5 Å². The SMILES string of the molecule is CCc1cccc(C(O)c2ccc(C)cc2Cl)c1. The van der Waals surface area contributed by atoms with Gasteiger partial charge in [-0.3, -0.25) is 0 Å². The molecule has 0 bridgehead atoms. The van der Waals surface area contributed by atoms with Crippen molar-refractivity contribution in [3.8, 4) is 0 Å². The Morgan fingerprint density at radius 2 is 1.94 bits per heavy atom. The number of hydrogen-bond donors (Lipinski definition) is 1. The summed E-state index contributed by atoms with van der Waals surface area (Å²) >= 11 is 6.19. The second kappa shape index (κ2) is 5.55. The van der Waals surface area contributed by atoms with Gasteiger partial charge < -0.3 is 5.11 Å². The van der Waals surface area contributed by atoms with Crippen LogP contribution in [0.5, 0.6) is 0 Å². The lowest BCUT2D eigenvalue weighted by Crippen LogP contribution is -2.01. The number of rotatable bonds is 3. The third kappa shape index (κ3) is 2.74. The van der Waals surface area contributed by atoms with Crippen molar-refractivity contribution >= 4 is 11.6 Å². The van der Waals surface area contributed by atoms with Crippen LogP contribution in [-0.2, 0) is 6.42 Å². The van der Waals surface area contributed by atoms with Gasteiger partial charge in [-0.2, -0.15) is 0 Å². The number of aryl methyl sites for hydroxylation is 2. The molecule has 18 heavy (non-hydrogen) atoms. The predicted octanol–water partition coefficient (Wildman–Crippen LogP) is 4.29. The first kappa shape index (κ1) is 13.1. The van der Waals surface area contributed by atoms with Crippen molar-refractivity contribution < 1.29 is 5.11 Å². The quantitative estimate of drug-likeness (QED) is 0.873. The van der Waals surface area contributed by atoms with Crippen LogP contribution in [0.25, 0.3) is 0 Å². The molecule has 94 valence electrons. The lowest BCUT2D eigenvalue weighted by atomic mass is 9.98. The molecule has 0 radical (unpaired) electrons. The Bertz CT molecular complexity index is 549. The highest BCUT2D eigenvalue weighted by molar-refractivity contribution is 6.31. The van der Waals surface area contributed by atoms with Crippen molar-refractivity contribution in [3.05, 3.63) is 69.7 Å². The maximum atomic E-state index is 10.4. The van der Waals surface area contributed by atoms with E-state index in [9.17, 15) is 5.11 Å². The standard InChI is InChI=1S/C16H17ClO/c1-3-12-5-4-6-13(10-12)16(18)14-8-7-11(2)9-15(14)17/h4-10,16,18H,3H2,1-2H3. The first-order chi connectivity index (χ1) is 8.61. The Hall–Kier alpha value is -1.31. The molecule has 0 aromatic heterocycles. The van der Waals surface area contributed by atoms with Gasteiger partial charge in [-0.15, -0.1) is 0 Å². The zero-order valence-corrected chi connectivity index (χ0v) is 11.4. The van der Waals surface area contributed by atoms with E-state index in [0.29, 0.717) is 5.02 Å². The van der Waals surface area contributed by atoms with Gasteiger partial charge in [0.25, 0.3) is 0 Å². The minimum absolute atomic E-state index is 0.615. The second-order valence-corrected chi connectivity index (χ2v) is 4.93. The molecule has 2 aromatic carbocycles. The average Bonchev–Trinajstić information content (AvgIpc) is 2.38. The van der Waals surface area contributed by atoms with Gasteiger partial charge in [0.1, 0.15) is 6.10 Å². The van der Waals surface area contributed by atoms with Crippen LogP contribution in [-0.4, -0.2) is 5.11 Å². The van der Waals surface area contributed by atoms with Crippen molar-refractivity contribution in [2.24, 2.45) is 0 Å². The normalized spacial score (nSPS) is 12.4. The summed E-state index contributed by atoms with van der Waals surface area (Å²) in [7, 11) is 0. The summed E-state index contributed by atoms with van der Waals surface area (Å²) in [6.45, 7) is 4.09. The Kier molecular flexibility index (Phi) is 4.05. The predicted molar refractivity (Wildman–Crippen MR) is 76.1 cm³/mol. The number of halogens is 1. The van der Waals surface area contributed by atoms with E-state index in [1.165, 1.54) is 5.56 Å². The Morgan fingerprint density at radius 1 is 1.17 bits per heavy atom.